The third-order valence-electron chi connectivity index (χ3n) is 5.51. The fourth-order valence-electron chi connectivity index (χ4n) is 3.87. The summed E-state index contributed by atoms with van der Waals surface area (Å²) in [6.45, 7) is 2.66. The van der Waals surface area contributed by atoms with Gasteiger partial charge in [0.2, 0.25) is 0 Å². The minimum Gasteiger partial charge on any atom is -0.344 e. The second-order valence-electron chi connectivity index (χ2n) is 7.42. The van der Waals surface area contributed by atoms with Gasteiger partial charge in [-0.1, -0.05) is 30.3 Å². The van der Waals surface area contributed by atoms with Crippen LogP contribution in [0.5, 0.6) is 0 Å². The van der Waals surface area contributed by atoms with Crippen molar-refractivity contribution in [2.45, 2.75) is 25.6 Å². The van der Waals surface area contributed by atoms with E-state index < -0.39 is 11.8 Å². The zero-order chi connectivity index (χ0) is 20.8. The second kappa shape index (κ2) is 9.65. The highest BCUT2D eigenvalue weighted by molar-refractivity contribution is 7.10. The van der Waals surface area contributed by atoms with Gasteiger partial charge in [0.25, 0.3) is 0 Å². The monoisotopic (exact) mass is 421 g/mol. The molecule has 7 heteroatoms. The van der Waals surface area contributed by atoms with E-state index in [9.17, 15) is 9.59 Å². The van der Waals surface area contributed by atoms with Crippen LogP contribution in [0, 0.1) is 0 Å². The number of nitrogens with one attached hydrogen (secondary N) is 3. The van der Waals surface area contributed by atoms with Crippen molar-refractivity contribution in [3.63, 3.8) is 0 Å². The molecule has 30 heavy (non-hydrogen) atoms. The fourth-order valence-corrected chi connectivity index (χ4v) is 4.76. The predicted octanol–water partition coefficient (Wildman–Crippen LogP) is 1.26. The van der Waals surface area contributed by atoms with Gasteiger partial charge in [0.15, 0.2) is 0 Å². The minimum atomic E-state index is -0.615. The lowest BCUT2D eigenvalue weighted by Gasteiger charge is -2.32. The molecule has 1 unspecified atom stereocenters. The van der Waals surface area contributed by atoms with Crippen molar-refractivity contribution in [3.8, 4) is 0 Å². The summed E-state index contributed by atoms with van der Waals surface area (Å²) >= 11 is 1.69. The Balaban J connectivity index is 1.37. The van der Waals surface area contributed by atoms with Gasteiger partial charge < -0.3 is 15.5 Å². The highest BCUT2D eigenvalue weighted by atomic mass is 32.1. The first-order chi connectivity index (χ1) is 14.7. The number of carbonyl (C=O) groups is 2. The molecule has 2 atom stereocenters. The Morgan fingerprint density at radius 3 is 2.53 bits per heavy atom. The minimum absolute atomic E-state index is 0.121. The maximum absolute atomic E-state index is 12.4. The van der Waals surface area contributed by atoms with Crippen molar-refractivity contribution >= 4 is 23.2 Å². The molecule has 1 aliphatic heterocycles. The van der Waals surface area contributed by atoms with Gasteiger partial charge in [-0.3, -0.25) is 14.6 Å². The van der Waals surface area contributed by atoms with E-state index in [-0.39, 0.29) is 6.04 Å². The van der Waals surface area contributed by atoms with Crippen LogP contribution in [0.1, 0.15) is 27.6 Å². The number of hydrogen-bond acceptors (Lipinski definition) is 4. The molecular weight excluding hydrogens is 396 g/mol. The number of aromatic nitrogens is 1. The highest BCUT2D eigenvalue weighted by Crippen LogP contribution is 2.19. The third kappa shape index (κ3) is 4.93. The quantitative estimate of drug-likeness (QED) is 0.525. The summed E-state index contributed by atoms with van der Waals surface area (Å²) in [5.74, 6) is -1.21. The van der Waals surface area contributed by atoms with Crippen LogP contribution in [-0.2, 0) is 29.1 Å². The fraction of sp³-hybridized carbons (Fsp3) is 0.261. The number of rotatable bonds is 6. The Morgan fingerprint density at radius 1 is 1.00 bits per heavy atom. The van der Waals surface area contributed by atoms with Gasteiger partial charge in [-0.15, -0.1) is 11.3 Å². The van der Waals surface area contributed by atoms with Gasteiger partial charge in [-0.05, 0) is 34.7 Å². The van der Waals surface area contributed by atoms with Crippen molar-refractivity contribution in [2.24, 2.45) is 0 Å². The molecule has 3 N–H and O–H groups in total. The summed E-state index contributed by atoms with van der Waals surface area (Å²) in [6, 6.07) is 16.4. The molecule has 154 valence electrons. The first kappa shape index (κ1) is 20.3. The van der Waals surface area contributed by atoms with E-state index in [4.69, 9.17) is 0 Å². The Hall–Kier alpha value is -3.03. The first-order valence-electron chi connectivity index (χ1n) is 10.1. The summed E-state index contributed by atoms with van der Waals surface area (Å²) < 4.78 is 0. The van der Waals surface area contributed by atoms with E-state index >= 15 is 0 Å². The molecule has 0 spiro atoms. The number of thiophene rings is 1. The summed E-state index contributed by atoms with van der Waals surface area (Å²) in [5, 5.41) is 7.58. The molecule has 2 aromatic heterocycles. The van der Waals surface area contributed by atoms with Crippen molar-refractivity contribution in [3.05, 3.63) is 87.9 Å². The zero-order valence-corrected chi connectivity index (χ0v) is 17.5. The zero-order valence-electron chi connectivity index (χ0n) is 16.6. The number of quaternary nitrogens is 1. The molecule has 0 fully saturated rings. The number of benzene rings is 1. The largest absolute Gasteiger partial charge is 0.344 e. The number of hydrogen-bond donors (Lipinski definition) is 3. The van der Waals surface area contributed by atoms with Gasteiger partial charge in [0.1, 0.15) is 12.6 Å². The van der Waals surface area contributed by atoms with Crippen molar-refractivity contribution in [1.29, 1.82) is 0 Å². The first-order valence-corrected chi connectivity index (χ1v) is 11.0. The molecule has 1 aromatic carbocycles. The SMILES string of the molecule is O=C(NCc1ccncc1)C(=O)NC[C@H](c1cccs1)[NH+]1CCc2ccccc2C1. The number of fused-ring (bicyclic) bond motifs is 1. The van der Waals surface area contributed by atoms with Gasteiger partial charge >= 0.3 is 11.8 Å². The van der Waals surface area contributed by atoms with E-state index in [1.54, 1.807) is 23.7 Å². The normalized spacial score (nSPS) is 16.3. The van der Waals surface area contributed by atoms with Crippen molar-refractivity contribution in [2.75, 3.05) is 13.1 Å². The molecule has 0 saturated carbocycles. The lowest BCUT2D eigenvalue weighted by atomic mass is 9.98. The van der Waals surface area contributed by atoms with E-state index in [0.717, 1.165) is 25.1 Å². The number of pyridine rings is 1. The van der Waals surface area contributed by atoms with E-state index in [1.165, 1.54) is 20.9 Å². The van der Waals surface area contributed by atoms with E-state index in [2.05, 4.69) is 51.3 Å². The standard InChI is InChI=1S/C23H24N4O2S/c28-22(25-14-17-7-10-24-11-8-17)23(29)26-15-20(21-6-3-13-30-21)27-12-9-18-4-1-2-5-19(18)16-27/h1-8,10-11,13,20H,9,12,14-16H2,(H,25,28)(H,26,29)/p+1/t20-/m1/s1. The van der Waals surface area contributed by atoms with Crippen LogP contribution in [0.4, 0.5) is 0 Å². The van der Waals surface area contributed by atoms with Crippen LogP contribution in [0.2, 0.25) is 0 Å². The maximum Gasteiger partial charge on any atom is 0.309 e. The number of amides is 2. The second-order valence-corrected chi connectivity index (χ2v) is 8.40. The summed E-state index contributed by atoms with van der Waals surface area (Å²) in [5.41, 5.74) is 3.67. The van der Waals surface area contributed by atoms with Crippen molar-refractivity contribution < 1.29 is 14.5 Å². The summed E-state index contributed by atoms with van der Waals surface area (Å²) in [6.07, 6.45) is 4.34. The Kier molecular flexibility index (Phi) is 6.51. The molecule has 2 amide bonds. The summed E-state index contributed by atoms with van der Waals surface area (Å²) in [7, 11) is 0. The van der Waals surface area contributed by atoms with Crippen LogP contribution < -0.4 is 15.5 Å². The van der Waals surface area contributed by atoms with Gasteiger partial charge in [-0.25, -0.2) is 0 Å². The lowest BCUT2D eigenvalue weighted by Crippen LogP contribution is -3.12. The van der Waals surface area contributed by atoms with Crippen LogP contribution in [-0.4, -0.2) is 29.9 Å². The molecule has 4 rings (SSSR count). The van der Waals surface area contributed by atoms with Crippen LogP contribution in [0.25, 0.3) is 0 Å². The van der Waals surface area contributed by atoms with Crippen LogP contribution in [0.15, 0.2) is 66.3 Å². The molecule has 3 heterocycles. The molecule has 0 aliphatic carbocycles. The third-order valence-corrected chi connectivity index (χ3v) is 6.49. The smallest absolute Gasteiger partial charge is 0.309 e. The average Bonchev–Trinajstić information content (AvgIpc) is 3.32. The number of carbonyl (C=O) groups excluding carboxylic acids is 2. The highest BCUT2D eigenvalue weighted by Gasteiger charge is 2.30. The number of nitrogens with zero attached hydrogens (tertiary/aromatic N) is 1. The summed E-state index contributed by atoms with van der Waals surface area (Å²) in [4.78, 5) is 31.2. The molecule has 6 nitrogen and oxygen atoms in total. The Morgan fingerprint density at radius 2 is 1.77 bits per heavy atom. The maximum atomic E-state index is 12.4. The molecular formula is C23H25N4O2S+. The van der Waals surface area contributed by atoms with Gasteiger partial charge in [0.05, 0.1) is 18.0 Å². The predicted molar refractivity (Wildman–Crippen MR) is 116 cm³/mol. The molecule has 0 radical (unpaired) electrons. The molecule has 3 aromatic rings. The van der Waals surface area contributed by atoms with Gasteiger partial charge in [-0.2, -0.15) is 0 Å². The molecule has 0 saturated heterocycles. The molecule has 1 aliphatic rings. The Labute approximate surface area is 180 Å². The topological polar surface area (TPSA) is 75.5 Å². The van der Waals surface area contributed by atoms with Gasteiger partial charge in [0, 0.05) is 30.9 Å². The molecule has 0 bridgehead atoms. The average molecular weight is 422 g/mol. The van der Waals surface area contributed by atoms with E-state index in [0.29, 0.717) is 13.1 Å². The lowest BCUT2D eigenvalue weighted by molar-refractivity contribution is -0.945. The van der Waals surface area contributed by atoms with E-state index in [1.807, 2.05) is 18.2 Å². The van der Waals surface area contributed by atoms with Crippen molar-refractivity contribution in [1.82, 2.24) is 15.6 Å². The Bertz CT molecular complexity index is 991. The van der Waals surface area contributed by atoms with Crippen LogP contribution >= 0.6 is 11.3 Å². The van der Waals surface area contributed by atoms with Crippen LogP contribution in [0.3, 0.4) is 0 Å².